The first-order valence-electron chi connectivity index (χ1n) is 7.04. The van der Waals surface area contributed by atoms with Gasteiger partial charge in [-0.2, -0.15) is 8.42 Å². The molecule has 0 aromatic heterocycles. The Labute approximate surface area is 139 Å². The van der Waals surface area contributed by atoms with Crippen LogP contribution in [-0.2, 0) is 14.9 Å². The van der Waals surface area contributed by atoms with Gasteiger partial charge in [-0.25, -0.2) is 0 Å². The van der Waals surface area contributed by atoms with Gasteiger partial charge < -0.3 is 10.6 Å². The minimum Gasteiger partial charge on any atom is -0.366 e. The van der Waals surface area contributed by atoms with Gasteiger partial charge in [0.25, 0.3) is 10.1 Å². The van der Waals surface area contributed by atoms with E-state index in [9.17, 15) is 13.2 Å². The fraction of sp³-hybridized carbons (Fsp3) is 0.438. The molecule has 132 valence electrons. The maximum atomic E-state index is 10.5. The minimum atomic E-state index is -4.02. The van der Waals surface area contributed by atoms with E-state index in [0.717, 1.165) is 18.4 Å². The van der Waals surface area contributed by atoms with Gasteiger partial charge in [-0.1, -0.05) is 37.6 Å². The lowest BCUT2D eigenvalue weighted by Crippen LogP contribution is -2.12. The average molecular weight is 344 g/mol. The highest BCUT2D eigenvalue weighted by atomic mass is 32.2. The van der Waals surface area contributed by atoms with Crippen molar-refractivity contribution < 1.29 is 17.8 Å². The van der Waals surface area contributed by atoms with Crippen LogP contribution in [0.1, 0.15) is 25.3 Å². The number of aryl methyl sites for hydroxylation is 1. The molecule has 0 fully saturated rings. The van der Waals surface area contributed by atoms with E-state index in [2.05, 4.69) is 6.58 Å². The highest BCUT2D eigenvalue weighted by Gasteiger charge is 2.06. The van der Waals surface area contributed by atoms with Crippen LogP contribution in [0.4, 0.5) is 0 Å². The van der Waals surface area contributed by atoms with Crippen LogP contribution in [0.5, 0.6) is 0 Å². The second kappa shape index (κ2) is 11.8. The summed E-state index contributed by atoms with van der Waals surface area (Å²) in [7, 11) is 1.98. The molecule has 0 atom stereocenters. The normalized spacial score (nSPS) is 10.0. The Kier molecular flexibility index (Phi) is 12.1. The molecule has 1 aromatic rings. The van der Waals surface area contributed by atoms with Gasteiger partial charge >= 0.3 is 0 Å². The number of hydrogen-bond donors (Lipinski definition) is 2. The summed E-state index contributed by atoms with van der Waals surface area (Å²) in [5.41, 5.74) is 6.36. The summed E-state index contributed by atoms with van der Waals surface area (Å²) < 4.78 is 29.6. The Bertz CT molecular complexity index is 576. The van der Waals surface area contributed by atoms with Crippen molar-refractivity contribution in [1.29, 1.82) is 0 Å². The third kappa shape index (κ3) is 15.0. The van der Waals surface area contributed by atoms with E-state index in [1.54, 1.807) is 12.1 Å². The molecule has 0 radical (unpaired) electrons. The molecular weight excluding hydrogens is 316 g/mol. The van der Waals surface area contributed by atoms with Gasteiger partial charge in [-0.3, -0.25) is 9.35 Å². The maximum absolute atomic E-state index is 10.5. The van der Waals surface area contributed by atoms with Crippen molar-refractivity contribution >= 4 is 16.0 Å². The monoisotopic (exact) mass is 344 g/mol. The summed E-state index contributed by atoms with van der Waals surface area (Å²) in [5, 5.41) is 0. The van der Waals surface area contributed by atoms with Gasteiger partial charge in [0.2, 0.25) is 5.91 Å². The maximum Gasteiger partial charge on any atom is 0.294 e. The number of rotatable bonds is 4. The molecule has 1 rings (SSSR count). The lowest BCUT2D eigenvalue weighted by molar-refractivity contribution is -0.114. The zero-order chi connectivity index (χ0) is 18.6. The highest BCUT2D eigenvalue weighted by molar-refractivity contribution is 7.85. The summed E-state index contributed by atoms with van der Waals surface area (Å²) in [5.74, 6) is -0.383. The van der Waals surface area contributed by atoms with Crippen molar-refractivity contribution in [3.05, 3.63) is 42.0 Å². The van der Waals surface area contributed by atoms with Crippen LogP contribution >= 0.6 is 0 Å². The second-order valence-electron chi connectivity index (χ2n) is 5.35. The second-order valence-corrected chi connectivity index (χ2v) is 6.77. The Morgan fingerprint density at radius 1 is 1.22 bits per heavy atom. The molecule has 3 N–H and O–H groups in total. The van der Waals surface area contributed by atoms with Crippen LogP contribution in [-0.4, -0.2) is 44.9 Å². The van der Waals surface area contributed by atoms with Gasteiger partial charge in [0.15, 0.2) is 0 Å². The van der Waals surface area contributed by atoms with Crippen molar-refractivity contribution in [2.75, 3.05) is 21.1 Å². The quantitative estimate of drug-likeness (QED) is 0.644. The zero-order valence-corrected chi connectivity index (χ0v) is 15.4. The Balaban J connectivity index is 0. The molecule has 0 saturated heterocycles. The first-order chi connectivity index (χ1) is 10.4. The number of amides is 1. The third-order valence-electron chi connectivity index (χ3n) is 2.22. The summed E-state index contributed by atoms with van der Waals surface area (Å²) in [6.45, 7) is 7.29. The summed E-state index contributed by atoms with van der Waals surface area (Å²) in [6.07, 6.45) is 1.65. The third-order valence-corrected chi connectivity index (χ3v) is 3.09. The minimum absolute atomic E-state index is 0.0666. The highest BCUT2D eigenvalue weighted by Crippen LogP contribution is 2.08. The first-order valence-corrected chi connectivity index (χ1v) is 8.48. The molecule has 0 heterocycles. The fourth-order valence-electron chi connectivity index (χ4n) is 1.14. The van der Waals surface area contributed by atoms with E-state index in [1.165, 1.54) is 12.1 Å². The predicted molar refractivity (Wildman–Crippen MR) is 93.8 cm³/mol. The standard InChI is InChI=1S/C7H8O3S.C6H11NO.C3H9N/c1-6-2-4-7(5-3-6)11(8,9)10;1-3-4-5(2)6(7)8;1-4(2)3/h2-5H,1H3,(H,8,9,10);2-4H2,1H3,(H2,7,8);1-3H3. The van der Waals surface area contributed by atoms with Gasteiger partial charge in [-0.15, -0.1) is 0 Å². The Hall–Kier alpha value is -1.70. The number of primary amides is 1. The van der Waals surface area contributed by atoms with Crippen molar-refractivity contribution in [2.24, 2.45) is 5.73 Å². The van der Waals surface area contributed by atoms with Gasteiger partial charge in [0.05, 0.1) is 4.90 Å². The molecule has 1 aromatic carbocycles. The van der Waals surface area contributed by atoms with Crippen LogP contribution in [0.15, 0.2) is 41.3 Å². The molecule has 23 heavy (non-hydrogen) atoms. The zero-order valence-electron chi connectivity index (χ0n) is 14.5. The number of carbonyl (C=O) groups excluding carboxylic acids is 1. The molecule has 0 aliphatic rings. The van der Waals surface area contributed by atoms with E-state index < -0.39 is 10.1 Å². The van der Waals surface area contributed by atoms with E-state index in [-0.39, 0.29) is 10.8 Å². The summed E-state index contributed by atoms with van der Waals surface area (Å²) in [6, 6.07) is 5.99. The van der Waals surface area contributed by atoms with Crippen molar-refractivity contribution in [1.82, 2.24) is 4.90 Å². The average Bonchev–Trinajstić information content (AvgIpc) is 2.38. The van der Waals surface area contributed by atoms with Gasteiger partial charge in [-0.05, 0) is 46.6 Å². The molecule has 0 aliphatic heterocycles. The van der Waals surface area contributed by atoms with E-state index in [0.29, 0.717) is 5.57 Å². The van der Waals surface area contributed by atoms with Crippen LogP contribution in [0.25, 0.3) is 0 Å². The van der Waals surface area contributed by atoms with E-state index in [4.69, 9.17) is 10.3 Å². The molecular formula is C16H28N2O4S. The van der Waals surface area contributed by atoms with Crippen LogP contribution in [0.3, 0.4) is 0 Å². The van der Waals surface area contributed by atoms with Crippen LogP contribution < -0.4 is 5.73 Å². The van der Waals surface area contributed by atoms with E-state index >= 15 is 0 Å². The molecule has 6 nitrogen and oxygen atoms in total. The van der Waals surface area contributed by atoms with Crippen molar-refractivity contribution in [3.63, 3.8) is 0 Å². The molecule has 1 amide bonds. The number of nitrogens with two attached hydrogens (primary N) is 1. The largest absolute Gasteiger partial charge is 0.366 e. The van der Waals surface area contributed by atoms with E-state index in [1.807, 2.05) is 39.9 Å². The molecule has 0 aliphatic carbocycles. The van der Waals surface area contributed by atoms with Gasteiger partial charge in [0.1, 0.15) is 0 Å². The molecule has 0 spiro atoms. The topological polar surface area (TPSA) is 101 Å². The lowest BCUT2D eigenvalue weighted by atomic mass is 10.2. The molecule has 0 bridgehead atoms. The van der Waals surface area contributed by atoms with Crippen LogP contribution in [0, 0.1) is 6.92 Å². The Morgan fingerprint density at radius 3 is 1.83 bits per heavy atom. The van der Waals surface area contributed by atoms with Crippen molar-refractivity contribution in [2.45, 2.75) is 31.6 Å². The molecule has 0 unspecified atom stereocenters. The first kappa shape index (κ1) is 23.6. The summed E-state index contributed by atoms with van der Waals surface area (Å²) in [4.78, 5) is 12.1. The number of benzene rings is 1. The number of nitrogens with zero attached hydrogens (tertiary/aromatic N) is 1. The number of carbonyl (C=O) groups is 1. The van der Waals surface area contributed by atoms with Crippen molar-refractivity contribution in [3.8, 4) is 0 Å². The lowest BCUT2D eigenvalue weighted by Gasteiger charge is -1.95. The molecule has 7 heteroatoms. The SMILES string of the molecule is C=C(CCC)C(N)=O.CN(C)C.Cc1ccc(S(=O)(=O)O)cc1. The van der Waals surface area contributed by atoms with Crippen LogP contribution in [0.2, 0.25) is 0 Å². The smallest absolute Gasteiger partial charge is 0.294 e. The fourth-order valence-corrected chi connectivity index (χ4v) is 1.62. The molecule has 0 saturated carbocycles. The van der Waals surface area contributed by atoms with Gasteiger partial charge in [0, 0.05) is 5.57 Å². The predicted octanol–water partition coefficient (Wildman–Crippen LogP) is 2.25. The number of hydrogen-bond acceptors (Lipinski definition) is 4. The summed E-state index contributed by atoms with van der Waals surface area (Å²) >= 11 is 0. The Morgan fingerprint density at radius 2 is 1.61 bits per heavy atom.